The molecular weight excluding hydrogens is 286 g/mol. The molecule has 6 heteroatoms. The lowest BCUT2D eigenvalue weighted by atomic mass is 9.96. The van der Waals surface area contributed by atoms with E-state index in [1.165, 1.54) is 0 Å². The lowest BCUT2D eigenvalue weighted by molar-refractivity contribution is 0.383. The van der Waals surface area contributed by atoms with Gasteiger partial charge < -0.3 is 10.2 Å². The van der Waals surface area contributed by atoms with Crippen molar-refractivity contribution in [3.05, 3.63) is 24.3 Å². The number of nitrogens with one attached hydrogen (secondary N) is 1. The second-order valence-corrected chi connectivity index (χ2v) is 7.18. The Kier molecular flexibility index (Phi) is 5.61. The van der Waals surface area contributed by atoms with Crippen molar-refractivity contribution in [2.75, 3.05) is 31.1 Å². The molecule has 1 aromatic carbocycles. The van der Waals surface area contributed by atoms with Crippen molar-refractivity contribution >= 4 is 15.7 Å². The number of para-hydroxylation sites is 1. The van der Waals surface area contributed by atoms with Gasteiger partial charge in [-0.25, -0.2) is 13.6 Å². The lowest BCUT2D eigenvalue weighted by Crippen LogP contribution is -2.38. The van der Waals surface area contributed by atoms with Crippen LogP contribution in [0, 0.1) is 5.92 Å². The summed E-state index contributed by atoms with van der Waals surface area (Å²) in [7, 11) is -3.67. The third-order valence-corrected chi connectivity index (χ3v) is 4.95. The molecule has 5 nitrogen and oxygen atoms in total. The van der Waals surface area contributed by atoms with Crippen molar-refractivity contribution in [3.63, 3.8) is 0 Å². The van der Waals surface area contributed by atoms with Crippen molar-refractivity contribution in [1.29, 1.82) is 0 Å². The normalized spacial score (nSPS) is 17.1. The molecule has 0 saturated carbocycles. The Bertz CT molecular complexity index is 552. The zero-order valence-electron chi connectivity index (χ0n) is 12.6. The fourth-order valence-corrected chi connectivity index (χ4v) is 3.58. The first-order chi connectivity index (χ1) is 10.0. The SMILES string of the molecule is CCCNCC1CCN(c2ccccc2S(N)(=O)=O)CC1. The van der Waals surface area contributed by atoms with Gasteiger partial charge in [-0.3, -0.25) is 0 Å². The second-order valence-electron chi connectivity index (χ2n) is 5.65. The van der Waals surface area contributed by atoms with Crippen molar-refractivity contribution in [1.82, 2.24) is 5.32 Å². The number of nitrogens with two attached hydrogens (primary N) is 1. The maximum atomic E-state index is 11.7. The van der Waals surface area contributed by atoms with E-state index in [0.29, 0.717) is 5.92 Å². The molecule has 1 aromatic rings. The zero-order valence-corrected chi connectivity index (χ0v) is 13.4. The summed E-state index contributed by atoms with van der Waals surface area (Å²) in [5.74, 6) is 0.675. The van der Waals surface area contributed by atoms with Crippen molar-refractivity contribution in [3.8, 4) is 0 Å². The van der Waals surface area contributed by atoms with Crippen LogP contribution in [0.25, 0.3) is 0 Å². The molecule has 21 heavy (non-hydrogen) atoms. The molecule has 0 amide bonds. The van der Waals surface area contributed by atoms with E-state index in [0.717, 1.165) is 51.1 Å². The summed E-state index contributed by atoms with van der Waals surface area (Å²) in [6.07, 6.45) is 3.31. The van der Waals surface area contributed by atoms with Crippen LogP contribution in [0.5, 0.6) is 0 Å². The Labute approximate surface area is 127 Å². The summed E-state index contributed by atoms with van der Waals surface area (Å²) in [6.45, 7) is 6.04. The Morgan fingerprint density at radius 2 is 1.95 bits per heavy atom. The minimum Gasteiger partial charge on any atom is -0.370 e. The minimum absolute atomic E-state index is 0.229. The van der Waals surface area contributed by atoms with E-state index in [1.807, 2.05) is 12.1 Å². The van der Waals surface area contributed by atoms with Crippen molar-refractivity contribution in [2.24, 2.45) is 11.1 Å². The Balaban J connectivity index is 2.00. The molecule has 0 bridgehead atoms. The molecule has 118 valence electrons. The molecule has 0 unspecified atom stereocenters. The van der Waals surface area contributed by atoms with Crippen LogP contribution >= 0.6 is 0 Å². The van der Waals surface area contributed by atoms with E-state index >= 15 is 0 Å². The maximum absolute atomic E-state index is 11.7. The molecule has 3 N–H and O–H groups in total. The summed E-state index contributed by atoms with van der Waals surface area (Å²) in [5.41, 5.74) is 0.736. The van der Waals surface area contributed by atoms with Crippen LogP contribution in [-0.2, 0) is 10.0 Å². The summed E-state index contributed by atoms with van der Waals surface area (Å²) in [6, 6.07) is 7.00. The van der Waals surface area contributed by atoms with Crippen LogP contribution in [-0.4, -0.2) is 34.6 Å². The first-order valence-corrected chi connectivity index (χ1v) is 9.14. The van der Waals surface area contributed by atoms with Gasteiger partial charge in [0.2, 0.25) is 10.0 Å². The van der Waals surface area contributed by atoms with Crippen LogP contribution in [0.4, 0.5) is 5.69 Å². The largest absolute Gasteiger partial charge is 0.370 e. The predicted octanol–water partition coefficient (Wildman–Crippen LogP) is 1.55. The first-order valence-electron chi connectivity index (χ1n) is 7.60. The van der Waals surface area contributed by atoms with Gasteiger partial charge in [0.1, 0.15) is 4.90 Å². The van der Waals surface area contributed by atoms with Gasteiger partial charge in [0.05, 0.1) is 5.69 Å². The number of nitrogens with zero attached hydrogens (tertiary/aromatic N) is 1. The number of hydrogen-bond acceptors (Lipinski definition) is 4. The molecular formula is C15H25N3O2S. The van der Waals surface area contributed by atoms with E-state index in [1.54, 1.807) is 12.1 Å². The molecule has 0 aromatic heterocycles. The molecule has 1 aliphatic heterocycles. The Morgan fingerprint density at radius 1 is 1.29 bits per heavy atom. The topological polar surface area (TPSA) is 75.4 Å². The van der Waals surface area contributed by atoms with E-state index in [2.05, 4.69) is 17.1 Å². The van der Waals surface area contributed by atoms with Gasteiger partial charge >= 0.3 is 0 Å². The molecule has 0 atom stereocenters. The molecule has 1 heterocycles. The van der Waals surface area contributed by atoms with Gasteiger partial charge in [-0.05, 0) is 50.4 Å². The summed E-state index contributed by atoms with van der Waals surface area (Å²) in [5, 5.41) is 8.77. The summed E-state index contributed by atoms with van der Waals surface area (Å²) >= 11 is 0. The predicted molar refractivity (Wildman–Crippen MR) is 85.9 cm³/mol. The number of primary sulfonamides is 1. The maximum Gasteiger partial charge on any atom is 0.240 e. The highest BCUT2D eigenvalue weighted by molar-refractivity contribution is 7.89. The highest BCUT2D eigenvalue weighted by Crippen LogP contribution is 2.28. The molecule has 1 saturated heterocycles. The van der Waals surface area contributed by atoms with Crippen LogP contribution in [0.3, 0.4) is 0 Å². The van der Waals surface area contributed by atoms with Gasteiger partial charge in [-0.15, -0.1) is 0 Å². The third kappa shape index (κ3) is 4.43. The quantitative estimate of drug-likeness (QED) is 0.782. The average molecular weight is 311 g/mol. The van der Waals surface area contributed by atoms with E-state index in [4.69, 9.17) is 5.14 Å². The molecule has 0 radical (unpaired) electrons. The van der Waals surface area contributed by atoms with Crippen LogP contribution in [0.2, 0.25) is 0 Å². The number of benzene rings is 1. The highest BCUT2D eigenvalue weighted by Gasteiger charge is 2.23. The van der Waals surface area contributed by atoms with Crippen LogP contribution in [0.15, 0.2) is 29.2 Å². The molecule has 1 fully saturated rings. The second kappa shape index (κ2) is 7.24. The summed E-state index contributed by atoms with van der Waals surface area (Å²) in [4.78, 5) is 2.36. The average Bonchev–Trinajstić information content (AvgIpc) is 2.47. The third-order valence-electron chi connectivity index (χ3n) is 3.99. The van der Waals surface area contributed by atoms with Gasteiger partial charge in [-0.1, -0.05) is 19.1 Å². The van der Waals surface area contributed by atoms with E-state index < -0.39 is 10.0 Å². The lowest BCUT2D eigenvalue weighted by Gasteiger charge is -2.34. The molecule has 2 rings (SSSR count). The van der Waals surface area contributed by atoms with E-state index in [-0.39, 0.29) is 4.90 Å². The van der Waals surface area contributed by atoms with Gasteiger partial charge in [-0.2, -0.15) is 0 Å². The molecule has 0 spiro atoms. The minimum atomic E-state index is -3.67. The first kappa shape index (κ1) is 16.3. The van der Waals surface area contributed by atoms with Gasteiger partial charge in [0, 0.05) is 13.1 Å². The molecule has 0 aliphatic carbocycles. The number of hydrogen-bond donors (Lipinski definition) is 2. The standard InChI is InChI=1S/C15H25N3O2S/c1-2-9-17-12-13-7-10-18(11-8-13)14-5-3-4-6-15(14)21(16,19)20/h3-6,13,17H,2,7-12H2,1H3,(H2,16,19,20). The van der Waals surface area contributed by atoms with Crippen LogP contribution < -0.4 is 15.4 Å². The number of anilines is 1. The Morgan fingerprint density at radius 3 is 2.57 bits per heavy atom. The smallest absolute Gasteiger partial charge is 0.240 e. The van der Waals surface area contributed by atoms with E-state index in [9.17, 15) is 8.42 Å². The molecule has 1 aliphatic rings. The fourth-order valence-electron chi connectivity index (χ4n) is 2.82. The number of rotatable bonds is 6. The summed E-state index contributed by atoms with van der Waals surface area (Å²) < 4.78 is 23.4. The van der Waals surface area contributed by atoms with Crippen molar-refractivity contribution < 1.29 is 8.42 Å². The monoisotopic (exact) mass is 311 g/mol. The van der Waals surface area contributed by atoms with Gasteiger partial charge in [0.25, 0.3) is 0 Å². The zero-order chi connectivity index (χ0) is 15.3. The number of sulfonamides is 1. The number of piperidine rings is 1. The van der Waals surface area contributed by atoms with Crippen LogP contribution in [0.1, 0.15) is 26.2 Å². The fraction of sp³-hybridized carbons (Fsp3) is 0.600. The highest BCUT2D eigenvalue weighted by atomic mass is 32.2. The van der Waals surface area contributed by atoms with Gasteiger partial charge in [0.15, 0.2) is 0 Å². The van der Waals surface area contributed by atoms with Crippen molar-refractivity contribution in [2.45, 2.75) is 31.1 Å². The Hall–Kier alpha value is -1.11.